The van der Waals surface area contributed by atoms with E-state index in [9.17, 15) is 4.79 Å². The van der Waals surface area contributed by atoms with Crippen molar-refractivity contribution in [3.63, 3.8) is 0 Å². The zero-order valence-electron chi connectivity index (χ0n) is 10.5. The van der Waals surface area contributed by atoms with Crippen molar-refractivity contribution in [1.82, 2.24) is 5.32 Å². The normalized spacial score (nSPS) is 18.6. The predicted octanol–water partition coefficient (Wildman–Crippen LogP) is 3.39. The van der Waals surface area contributed by atoms with Crippen LogP contribution in [0.2, 0.25) is 0 Å². The highest BCUT2D eigenvalue weighted by molar-refractivity contribution is 5.94. The zero-order chi connectivity index (χ0) is 12.1. The van der Waals surface area contributed by atoms with Gasteiger partial charge in [-0.25, -0.2) is 0 Å². The van der Waals surface area contributed by atoms with Gasteiger partial charge in [-0.1, -0.05) is 37.5 Å². The summed E-state index contributed by atoms with van der Waals surface area (Å²) < 4.78 is 0. The number of hydrogen-bond acceptors (Lipinski definition) is 1. The number of amides is 1. The maximum atomic E-state index is 12.0. The molecule has 1 aromatic carbocycles. The quantitative estimate of drug-likeness (QED) is 0.849. The SMILES string of the molecule is CC(NC(=O)c1ccccc1)C1CCCCC1. The van der Waals surface area contributed by atoms with Crippen LogP contribution in [0.15, 0.2) is 30.3 Å². The number of benzene rings is 1. The summed E-state index contributed by atoms with van der Waals surface area (Å²) in [5, 5.41) is 3.13. The van der Waals surface area contributed by atoms with Gasteiger partial charge in [0.05, 0.1) is 0 Å². The molecule has 0 radical (unpaired) electrons. The van der Waals surface area contributed by atoms with Crippen LogP contribution < -0.4 is 5.32 Å². The Labute approximate surface area is 103 Å². The topological polar surface area (TPSA) is 29.1 Å². The third-order valence-electron chi connectivity index (χ3n) is 3.75. The first-order valence-electron chi connectivity index (χ1n) is 6.63. The molecule has 1 unspecified atom stereocenters. The van der Waals surface area contributed by atoms with E-state index in [2.05, 4.69) is 12.2 Å². The summed E-state index contributed by atoms with van der Waals surface area (Å²) in [5.74, 6) is 0.722. The molecule has 0 saturated heterocycles. The van der Waals surface area contributed by atoms with Crippen molar-refractivity contribution in [2.75, 3.05) is 0 Å². The van der Waals surface area contributed by atoms with Crippen molar-refractivity contribution in [3.05, 3.63) is 35.9 Å². The Bertz CT molecular complexity index is 354. The standard InChI is InChI=1S/C15H21NO/c1-12(13-8-4-2-5-9-13)16-15(17)14-10-6-3-7-11-14/h3,6-7,10-13H,2,4-5,8-9H2,1H3,(H,16,17). The van der Waals surface area contributed by atoms with E-state index < -0.39 is 0 Å². The molecule has 1 aromatic rings. The summed E-state index contributed by atoms with van der Waals surface area (Å²) in [4.78, 5) is 12.0. The average Bonchev–Trinajstić information content (AvgIpc) is 2.40. The molecule has 92 valence electrons. The van der Waals surface area contributed by atoms with Gasteiger partial charge in [-0.05, 0) is 37.8 Å². The molecule has 1 amide bonds. The number of rotatable bonds is 3. The first kappa shape index (κ1) is 12.2. The molecule has 1 saturated carbocycles. The van der Waals surface area contributed by atoms with E-state index in [4.69, 9.17) is 0 Å². The molecule has 1 fully saturated rings. The first-order chi connectivity index (χ1) is 8.27. The molecule has 1 aliphatic carbocycles. The Morgan fingerprint density at radius 3 is 2.47 bits per heavy atom. The molecular formula is C15H21NO. The molecule has 0 bridgehead atoms. The molecule has 0 aliphatic heterocycles. The van der Waals surface area contributed by atoms with Crippen LogP contribution in [-0.2, 0) is 0 Å². The van der Waals surface area contributed by atoms with Gasteiger partial charge in [0.25, 0.3) is 5.91 Å². The van der Waals surface area contributed by atoms with E-state index >= 15 is 0 Å². The minimum Gasteiger partial charge on any atom is -0.349 e. The molecule has 2 heteroatoms. The minimum atomic E-state index is 0.0590. The van der Waals surface area contributed by atoms with Crippen molar-refractivity contribution in [1.29, 1.82) is 0 Å². The van der Waals surface area contributed by atoms with Gasteiger partial charge in [-0.3, -0.25) is 4.79 Å². The minimum absolute atomic E-state index is 0.0590. The van der Waals surface area contributed by atoms with E-state index in [1.54, 1.807) is 0 Å². The van der Waals surface area contributed by atoms with Crippen molar-refractivity contribution in [2.45, 2.75) is 45.1 Å². The lowest BCUT2D eigenvalue weighted by atomic mass is 9.84. The summed E-state index contributed by atoms with van der Waals surface area (Å²) in [6.45, 7) is 2.14. The summed E-state index contributed by atoms with van der Waals surface area (Å²) in [7, 11) is 0. The fourth-order valence-electron chi connectivity index (χ4n) is 2.63. The number of carbonyl (C=O) groups excluding carboxylic acids is 1. The third-order valence-corrected chi connectivity index (χ3v) is 3.75. The van der Waals surface area contributed by atoms with Gasteiger partial charge >= 0.3 is 0 Å². The van der Waals surface area contributed by atoms with Crippen LogP contribution in [0.1, 0.15) is 49.4 Å². The Morgan fingerprint density at radius 1 is 1.18 bits per heavy atom. The van der Waals surface area contributed by atoms with Crippen molar-refractivity contribution in [3.8, 4) is 0 Å². The van der Waals surface area contributed by atoms with Crippen LogP contribution in [0.3, 0.4) is 0 Å². The van der Waals surface area contributed by atoms with Crippen LogP contribution in [-0.4, -0.2) is 11.9 Å². The lowest BCUT2D eigenvalue weighted by Gasteiger charge is -2.28. The highest BCUT2D eigenvalue weighted by atomic mass is 16.1. The van der Waals surface area contributed by atoms with E-state index in [0.29, 0.717) is 12.0 Å². The van der Waals surface area contributed by atoms with Gasteiger partial charge in [0, 0.05) is 11.6 Å². The molecule has 1 atom stereocenters. The monoisotopic (exact) mass is 231 g/mol. The fourth-order valence-corrected chi connectivity index (χ4v) is 2.63. The highest BCUT2D eigenvalue weighted by Crippen LogP contribution is 2.26. The Kier molecular flexibility index (Phi) is 4.18. The Morgan fingerprint density at radius 2 is 1.82 bits per heavy atom. The molecule has 0 heterocycles. The zero-order valence-corrected chi connectivity index (χ0v) is 10.5. The molecule has 1 aliphatic rings. The first-order valence-corrected chi connectivity index (χ1v) is 6.63. The average molecular weight is 231 g/mol. The smallest absolute Gasteiger partial charge is 0.251 e. The van der Waals surface area contributed by atoms with Gasteiger partial charge < -0.3 is 5.32 Å². The second-order valence-corrected chi connectivity index (χ2v) is 5.03. The van der Waals surface area contributed by atoms with Crippen molar-refractivity contribution < 1.29 is 4.79 Å². The van der Waals surface area contributed by atoms with Crippen molar-refractivity contribution >= 4 is 5.91 Å². The number of carbonyl (C=O) groups is 1. The van der Waals surface area contributed by atoms with Gasteiger partial charge in [0.1, 0.15) is 0 Å². The van der Waals surface area contributed by atoms with Gasteiger partial charge in [0.2, 0.25) is 0 Å². The van der Waals surface area contributed by atoms with E-state index in [0.717, 1.165) is 5.56 Å². The second kappa shape index (κ2) is 5.85. The van der Waals surface area contributed by atoms with Crippen LogP contribution in [0.25, 0.3) is 0 Å². The van der Waals surface area contributed by atoms with Crippen LogP contribution in [0.4, 0.5) is 0 Å². The van der Waals surface area contributed by atoms with Crippen LogP contribution in [0.5, 0.6) is 0 Å². The molecule has 1 N–H and O–H groups in total. The Hall–Kier alpha value is -1.31. The molecule has 0 spiro atoms. The summed E-state index contributed by atoms with van der Waals surface area (Å²) in [5.41, 5.74) is 0.759. The van der Waals surface area contributed by atoms with Crippen LogP contribution >= 0.6 is 0 Å². The maximum Gasteiger partial charge on any atom is 0.251 e. The molecule has 2 nitrogen and oxygen atoms in total. The summed E-state index contributed by atoms with van der Waals surface area (Å²) in [6, 6.07) is 9.76. The second-order valence-electron chi connectivity index (χ2n) is 5.03. The number of hydrogen-bond donors (Lipinski definition) is 1. The van der Waals surface area contributed by atoms with Gasteiger partial charge in [-0.2, -0.15) is 0 Å². The van der Waals surface area contributed by atoms with E-state index in [1.807, 2.05) is 30.3 Å². The Balaban J connectivity index is 1.89. The molecule has 0 aromatic heterocycles. The highest BCUT2D eigenvalue weighted by Gasteiger charge is 2.21. The van der Waals surface area contributed by atoms with Gasteiger partial charge in [-0.15, -0.1) is 0 Å². The van der Waals surface area contributed by atoms with E-state index in [-0.39, 0.29) is 5.91 Å². The molecule has 2 rings (SSSR count). The number of nitrogens with one attached hydrogen (secondary N) is 1. The predicted molar refractivity (Wildman–Crippen MR) is 69.9 cm³/mol. The van der Waals surface area contributed by atoms with Gasteiger partial charge in [0.15, 0.2) is 0 Å². The largest absolute Gasteiger partial charge is 0.349 e. The lowest BCUT2D eigenvalue weighted by Crippen LogP contribution is -2.38. The fraction of sp³-hybridized carbons (Fsp3) is 0.533. The lowest BCUT2D eigenvalue weighted by molar-refractivity contribution is 0.0919. The summed E-state index contributed by atoms with van der Waals surface area (Å²) >= 11 is 0. The van der Waals surface area contributed by atoms with Crippen molar-refractivity contribution in [2.24, 2.45) is 5.92 Å². The summed E-state index contributed by atoms with van der Waals surface area (Å²) in [6.07, 6.45) is 6.51. The molecular weight excluding hydrogens is 210 g/mol. The third kappa shape index (κ3) is 3.32. The van der Waals surface area contributed by atoms with E-state index in [1.165, 1.54) is 32.1 Å². The maximum absolute atomic E-state index is 12.0. The molecule has 17 heavy (non-hydrogen) atoms. The van der Waals surface area contributed by atoms with Crippen LogP contribution in [0, 0.1) is 5.92 Å².